The van der Waals surface area contributed by atoms with E-state index in [9.17, 15) is 0 Å². The van der Waals surface area contributed by atoms with Crippen LogP contribution in [0.3, 0.4) is 0 Å². The Bertz CT molecular complexity index is 2740. The Morgan fingerprint density at radius 3 is 2.46 bits per heavy atom. The number of amidine groups is 1. The van der Waals surface area contributed by atoms with Crippen LogP contribution >= 0.6 is 0 Å². The normalized spacial score (nSPS) is 15.6. The van der Waals surface area contributed by atoms with Crippen LogP contribution in [0.4, 0.5) is 0 Å². The van der Waals surface area contributed by atoms with Crippen molar-refractivity contribution in [2.75, 3.05) is 0 Å². The fraction of sp³-hybridized carbons (Fsp3) is 0.135. The first kappa shape index (κ1) is 38.4. The summed E-state index contributed by atoms with van der Waals surface area (Å²) in [6.07, 6.45) is 24.6. The lowest BCUT2D eigenvalue weighted by Gasteiger charge is -2.19. The van der Waals surface area contributed by atoms with Gasteiger partial charge >= 0.3 is 0 Å². The monoisotopic (exact) mass is 745 g/mol. The Hall–Kier alpha value is -6.85. The average Bonchev–Trinajstić information content (AvgIpc) is 3.63. The number of hydrogen-bond acceptors (Lipinski definition) is 4. The van der Waals surface area contributed by atoms with Gasteiger partial charge in [-0.2, -0.15) is 0 Å². The molecule has 0 amide bonds. The minimum atomic E-state index is -0.0160. The van der Waals surface area contributed by atoms with Crippen LogP contribution in [0.15, 0.2) is 178 Å². The molecule has 0 N–H and O–H groups in total. The van der Waals surface area contributed by atoms with Crippen molar-refractivity contribution in [3.05, 3.63) is 186 Å². The molecule has 0 fully saturated rings. The molecule has 1 unspecified atom stereocenters. The van der Waals surface area contributed by atoms with E-state index in [1.165, 1.54) is 5.56 Å². The van der Waals surface area contributed by atoms with Gasteiger partial charge in [-0.15, -0.1) is 0 Å². The minimum absolute atomic E-state index is 0.0160. The van der Waals surface area contributed by atoms with Gasteiger partial charge in [-0.25, -0.2) is 15.0 Å². The van der Waals surface area contributed by atoms with Crippen molar-refractivity contribution in [1.29, 1.82) is 0 Å². The standard InChI is InChI=1S/C52H47N3O2/c1-6-10-22-37(8-3)52(53-5)55-45(34-27-36-20-13-11-14-21-36)38-28-30-39(31-29-38)50-49-44(19-7-2)47(9-4)57-51(49)43-33-32-40(35-46(43)54-50)42-25-17-18-26-48(42)56-41-23-15-12-16-24-41/h6-7,9-23,25-26,28-35,41H,2,5,8,24,27H2,1,3-4H3/b10-6-,37-22+,44-19+,45-34-,47-9+,55-52-. The molecule has 0 radical (unpaired) electrons. The van der Waals surface area contributed by atoms with Crippen LogP contribution in [0, 0.1) is 0 Å². The second kappa shape index (κ2) is 18.2. The molecule has 2 aromatic heterocycles. The Kier molecular flexibility index (Phi) is 12.3. The smallest absolute Gasteiger partial charge is 0.155 e. The number of furan rings is 1. The molecule has 0 saturated carbocycles. The largest absolute Gasteiger partial charge is 0.485 e. The zero-order chi connectivity index (χ0) is 39.6. The molecule has 5 heteroatoms. The summed E-state index contributed by atoms with van der Waals surface area (Å²) in [4.78, 5) is 14.9. The number of rotatable bonds is 12. The van der Waals surface area contributed by atoms with Crippen molar-refractivity contribution in [1.82, 2.24) is 4.98 Å². The summed E-state index contributed by atoms with van der Waals surface area (Å²) < 4.78 is 13.1. The van der Waals surface area contributed by atoms with Crippen molar-refractivity contribution in [2.45, 2.75) is 46.1 Å². The number of ether oxygens (including phenoxy) is 1. The number of hydrogen-bond donors (Lipinski definition) is 0. The number of para-hydroxylation sites is 1. The van der Waals surface area contributed by atoms with E-state index >= 15 is 0 Å². The molecule has 1 atom stereocenters. The molecule has 2 heterocycles. The molecule has 57 heavy (non-hydrogen) atoms. The van der Waals surface area contributed by atoms with Crippen LogP contribution < -0.4 is 15.4 Å². The number of aromatic nitrogens is 1. The highest BCUT2D eigenvalue weighted by atomic mass is 16.5. The van der Waals surface area contributed by atoms with Crippen LogP contribution in [0.5, 0.6) is 5.75 Å². The maximum Gasteiger partial charge on any atom is 0.155 e. The van der Waals surface area contributed by atoms with Gasteiger partial charge in [0.2, 0.25) is 0 Å². The predicted molar refractivity (Wildman–Crippen MR) is 242 cm³/mol. The van der Waals surface area contributed by atoms with Gasteiger partial charge in [-0.05, 0) is 86.0 Å². The summed E-state index contributed by atoms with van der Waals surface area (Å²) in [7, 11) is 0. The quantitative estimate of drug-likeness (QED) is 0.0712. The van der Waals surface area contributed by atoms with E-state index < -0.39 is 0 Å². The van der Waals surface area contributed by atoms with Gasteiger partial charge in [0.15, 0.2) is 5.84 Å². The summed E-state index contributed by atoms with van der Waals surface area (Å²) in [5, 5.41) is 2.82. The molecule has 1 aliphatic rings. The summed E-state index contributed by atoms with van der Waals surface area (Å²) >= 11 is 0. The molecule has 0 spiro atoms. The first-order valence-electron chi connectivity index (χ1n) is 19.5. The molecule has 1 aliphatic carbocycles. The van der Waals surface area contributed by atoms with Gasteiger partial charge in [0.05, 0.1) is 22.3 Å². The van der Waals surface area contributed by atoms with Gasteiger partial charge < -0.3 is 9.15 Å². The van der Waals surface area contributed by atoms with E-state index in [1.807, 2.05) is 68.5 Å². The lowest BCUT2D eigenvalue weighted by atomic mass is 9.98. The third-order valence-electron chi connectivity index (χ3n) is 10.0. The fourth-order valence-corrected chi connectivity index (χ4v) is 7.11. The first-order chi connectivity index (χ1) is 28.0. The van der Waals surface area contributed by atoms with Gasteiger partial charge in [-0.1, -0.05) is 147 Å². The van der Waals surface area contributed by atoms with Gasteiger partial charge in [0, 0.05) is 28.2 Å². The number of aliphatic imine (C=N–C) groups is 2. The summed E-state index contributed by atoms with van der Waals surface area (Å²) in [6.45, 7) is 14.0. The molecule has 6 aromatic rings. The van der Waals surface area contributed by atoms with Gasteiger partial charge in [0.25, 0.3) is 0 Å². The molecule has 282 valence electrons. The molecule has 7 rings (SSSR count). The zero-order valence-electron chi connectivity index (χ0n) is 32.9. The number of fused-ring (bicyclic) bond motifs is 3. The molecule has 0 aliphatic heterocycles. The van der Waals surface area contributed by atoms with Crippen LogP contribution in [-0.4, -0.2) is 23.6 Å². The van der Waals surface area contributed by atoms with Crippen LogP contribution in [0.2, 0.25) is 0 Å². The highest BCUT2D eigenvalue weighted by Crippen LogP contribution is 2.37. The minimum Gasteiger partial charge on any atom is -0.485 e. The molecular formula is C52H47N3O2. The Morgan fingerprint density at radius 1 is 0.947 bits per heavy atom. The van der Waals surface area contributed by atoms with Crippen molar-refractivity contribution in [2.24, 2.45) is 9.98 Å². The second-order valence-corrected chi connectivity index (χ2v) is 13.7. The van der Waals surface area contributed by atoms with Crippen molar-refractivity contribution in [3.63, 3.8) is 0 Å². The van der Waals surface area contributed by atoms with E-state index in [-0.39, 0.29) is 6.10 Å². The maximum absolute atomic E-state index is 6.63. The van der Waals surface area contributed by atoms with Crippen LogP contribution in [0.25, 0.3) is 62.1 Å². The Balaban J connectivity index is 1.37. The third kappa shape index (κ3) is 8.53. The second-order valence-electron chi connectivity index (χ2n) is 13.7. The summed E-state index contributed by atoms with van der Waals surface area (Å²) in [6, 6.07) is 33.4. The van der Waals surface area contributed by atoms with Crippen molar-refractivity contribution in [3.8, 4) is 28.1 Å². The lowest BCUT2D eigenvalue weighted by molar-refractivity contribution is 0.253. The molecule has 0 bridgehead atoms. The van der Waals surface area contributed by atoms with Crippen LogP contribution in [-0.2, 0) is 6.42 Å². The topological polar surface area (TPSA) is 60.0 Å². The first-order valence-corrected chi connectivity index (χ1v) is 19.5. The highest BCUT2D eigenvalue weighted by molar-refractivity contribution is 6.09. The zero-order valence-corrected chi connectivity index (χ0v) is 32.9. The third-order valence-corrected chi connectivity index (χ3v) is 10.0. The summed E-state index contributed by atoms with van der Waals surface area (Å²) in [5.41, 5.74) is 10.2. The van der Waals surface area contributed by atoms with E-state index in [0.29, 0.717) is 5.84 Å². The summed E-state index contributed by atoms with van der Waals surface area (Å²) in [5.74, 6) is 1.44. The van der Waals surface area contributed by atoms with E-state index in [4.69, 9.17) is 19.1 Å². The Morgan fingerprint density at radius 2 is 1.74 bits per heavy atom. The predicted octanol–water partition coefficient (Wildman–Crippen LogP) is 11.9. The van der Waals surface area contributed by atoms with Gasteiger partial charge in [-0.3, -0.25) is 0 Å². The lowest BCUT2D eigenvalue weighted by Crippen LogP contribution is -2.19. The molecular weight excluding hydrogens is 699 g/mol. The highest BCUT2D eigenvalue weighted by Gasteiger charge is 2.19. The fourth-order valence-electron chi connectivity index (χ4n) is 7.11. The van der Waals surface area contributed by atoms with Crippen molar-refractivity contribution >= 4 is 52.3 Å². The van der Waals surface area contributed by atoms with E-state index in [1.54, 1.807) is 6.08 Å². The van der Waals surface area contributed by atoms with Gasteiger partial charge in [0.1, 0.15) is 22.9 Å². The van der Waals surface area contributed by atoms with Crippen LogP contribution in [0.1, 0.15) is 44.7 Å². The van der Waals surface area contributed by atoms with E-state index in [0.717, 1.165) is 96.7 Å². The Labute approximate surface area is 335 Å². The SMILES string of the molecule is C=C/C=c1\c(=C/C)oc2c1c(-c1ccc(C(=C/Cc3ccccc3)/N=C(N=C)/C(=C/C=C\C)CC)cc1)nc1cc(-c3ccccc3OC3C=CC=CC3)ccc12. The number of nitrogens with zero attached hydrogens (tertiary/aromatic N) is 3. The molecule has 5 nitrogen and oxygen atoms in total. The average molecular weight is 746 g/mol. The number of benzene rings is 4. The molecule has 4 aromatic carbocycles. The number of allylic oxidation sites excluding steroid dienone is 7. The number of pyridine rings is 1. The van der Waals surface area contributed by atoms with Crippen molar-refractivity contribution < 1.29 is 9.15 Å². The van der Waals surface area contributed by atoms with E-state index in [2.05, 4.69) is 128 Å². The molecule has 0 saturated heterocycles. The maximum atomic E-state index is 6.63.